The van der Waals surface area contributed by atoms with Gasteiger partial charge in [-0.05, 0) is 19.1 Å². The van der Waals surface area contributed by atoms with Crippen molar-refractivity contribution >= 4 is 12.2 Å². The number of rotatable bonds is 4. The summed E-state index contributed by atoms with van der Waals surface area (Å²) >= 11 is 4.80. The Kier molecular flexibility index (Phi) is 3.14. The highest BCUT2D eigenvalue weighted by Crippen LogP contribution is 2.05. The maximum atomic E-state index is 5.16. The molecule has 6 nitrogen and oxygen atoms in total. The van der Waals surface area contributed by atoms with Gasteiger partial charge in [-0.1, -0.05) is 6.92 Å². The lowest BCUT2D eigenvalue weighted by Gasteiger charge is -1.96. The zero-order chi connectivity index (χ0) is 11.5. The molecule has 0 aliphatic rings. The summed E-state index contributed by atoms with van der Waals surface area (Å²) in [5, 5.41) is 10.9. The molecule has 0 aromatic carbocycles. The van der Waals surface area contributed by atoms with Crippen LogP contribution in [0.5, 0.6) is 0 Å². The Morgan fingerprint density at radius 1 is 1.44 bits per heavy atom. The Labute approximate surface area is 97.7 Å². The van der Waals surface area contributed by atoms with Crippen LogP contribution in [-0.2, 0) is 19.4 Å². The summed E-state index contributed by atoms with van der Waals surface area (Å²) in [6, 6.07) is 0. The van der Waals surface area contributed by atoms with Gasteiger partial charge >= 0.3 is 0 Å². The number of nitrogens with one attached hydrogen (secondary N) is 1. The van der Waals surface area contributed by atoms with E-state index in [2.05, 4.69) is 27.2 Å². The Hall–Kier alpha value is -1.50. The van der Waals surface area contributed by atoms with Crippen molar-refractivity contribution < 1.29 is 4.42 Å². The van der Waals surface area contributed by atoms with Crippen molar-refractivity contribution in [3.8, 4) is 0 Å². The molecule has 0 spiro atoms. The standard InChI is InChI=1S/C9H13N5OS/c1-3-7-10-6(13-14(7)4-2)5-8-11-12-9(16)15-8/h3-5H2,1-2H3,(H,12,16). The summed E-state index contributed by atoms with van der Waals surface area (Å²) in [6.45, 7) is 4.91. The number of aromatic amines is 1. The number of aryl methyl sites for hydroxylation is 2. The molecule has 2 aromatic rings. The zero-order valence-corrected chi connectivity index (χ0v) is 10.0. The number of nitrogens with zero attached hydrogens (tertiary/aromatic N) is 4. The Morgan fingerprint density at radius 3 is 2.75 bits per heavy atom. The van der Waals surface area contributed by atoms with Crippen LogP contribution in [0.3, 0.4) is 0 Å². The molecule has 0 atom stereocenters. The smallest absolute Gasteiger partial charge is 0.284 e. The van der Waals surface area contributed by atoms with E-state index >= 15 is 0 Å². The lowest BCUT2D eigenvalue weighted by atomic mass is 10.4. The van der Waals surface area contributed by atoms with Crippen LogP contribution in [0, 0.1) is 4.84 Å². The van der Waals surface area contributed by atoms with E-state index in [-0.39, 0.29) is 4.84 Å². The lowest BCUT2D eigenvalue weighted by Crippen LogP contribution is -2.02. The molecule has 86 valence electrons. The zero-order valence-electron chi connectivity index (χ0n) is 9.23. The minimum absolute atomic E-state index is 0.278. The third-order valence-electron chi connectivity index (χ3n) is 2.20. The predicted molar refractivity (Wildman–Crippen MR) is 59.6 cm³/mol. The van der Waals surface area contributed by atoms with E-state index in [1.165, 1.54) is 0 Å². The van der Waals surface area contributed by atoms with Gasteiger partial charge in [-0.15, -0.1) is 5.10 Å². The summed E-state index contributed by atoms with van der Waals surface area (Å²) in [4.78, 5) is 4.69. The van der Waals surface area contributed by atoms with Gasteiger partial charge in [0.2, 0.25) is 5.89 Å². The van der Waals surface area contributed by atoms with Gasteiger partial charge in [-0.2, -0.15) is 5.10 Å². The van der Waals surface area contributed by atoms with Crippen molar-refractivity contribution in [3.63, 3.8) is 0 Å². The highest BCUT2D eigenvalue weighted by molar-refractivity contribution is 7.71. The first-order valence-corrected chi connectivity index (χ1v) is 5.60. The van der Waals surface area contributed by atoms with Gasteiger partial charge in [0.15, 0.2) is 5.82 Å². The second kappa shape index (κ2) is 4.56. The van der Waals surface area contributed by atoms with E-state index in [1.807, 2.05) is 11.6 Å². The van der Waals surface area contributed by atoms with Crippen molar-refractivity contribution in [1.82, 2.24) is 25.0 Å². The fourth-order valence-electron chi connectivity index (χ4n) is 1.49. The third-order valence-corrected chi connectivity index (χ3v) is 2.37. The molecule has 0 radical (unpaired) electrons. The molecule has 2 heterocycles. The van der Waals surface area contributed by atoms with E-state index < -0.39 is 0 Å². The van der Waals surface area contributed by atoms with Crippen LogP contribution >= 0.6 is 12.2 Å². The van der Waals surface area contributed by atoms with E-state index in [0.717, 1.165) is 18.8 Å². The average Bonchev–Trinajstić information content (AvgIpc) is 2.85. The molecule has 1 N–H and O–H groups in total. The van der Waals surface area contributed by atoms with Crippen LogP contribution in [0.1, 0.15) is 31.4 Å². The van der Waals surface area contributed by atoms with E-state index in [0.29, 0.717) is 18.1 Å². The second-order valence-electron chi connectivity index (χ2n) is 3.30. The lowest BCUT2D eigenvalue weighted by molar-refractivity contribution is 0.487. The predicted octanol–water partition coefficient (Wildman–Crippen LogP) is 1.50. The maximum Gasteiger partial charge on any atom is 0.284 e. The van der Waals surface area contributed by atoms with Crippen LogP contribution in [-0.4, -0.2) is 25.0 Å². The van der Waals surface area contributed by atoms with E-state index in [4.69, 9.17) is 16.6 Å². The fourth-order valence-corrected chi connectivity index (χ4v) is 1.63. The third kappa shape index (κ3) is 2.19. The van der Waals surface area contributed by atoms with Gasteiger partial charge in [0.1, 0.15) is 5.82 Å². The molecule has 0 unspecified atom stereocenters. The minimum Gasteiger partial charge on any atom is -0.414 e. The maximum absolute atomic E-state index is 5.16. The van der Waals surface area contributed by atoms with Crippen LogP contribution in [0.15, 0.2) is 4.42 Å². The Morgan fingerprint density at radius 2 is 2.25 bits per heavy atom. The molecule has 0 aliphatic heterocycles. The van der Waals surface area contributed by atoms with E-state index in [9.17, 15) is 0 Å². The molecule has 2 aromatic heterocycles. The molecule has 16 heavy (non-hydrogen) atoms. The first-order chi connectivity index (χ1) is 7.72. The van der Waals surface area contributed by atoms with Gasteiger partial charge in [0.05, 0.1) is 6.42 Å². The molecular formula is C9H13N5OS. The van der Waals surface area contributed by atoms with Gasteiger partial charge in [0.25, 0.3) is 4.84 Å². The highest BCUT2D eigenvalue weighted by atomic mass is 32.1. The molecular weight excluding hydrogens is 226 g/mol. The van der Waals surface area contributed by atoms with Gasteiger partial charge < -0.3 is 4.42 Å². The van der Waals surface area contributed by atoms with Crippen LogP contribution in [0.2, 0.25) is 0 Å². The first kappa shape index (κ1) is 11.0. The first-order valence-electron chi connectivity index (χ1n) is 5.20. The number of hydrogen-bond donors (Lipinski definition) is 1. The van der Waals surface area contributed by atoms with Crippen molar-refractivity contribution in [1.29, 1.82) is 0 Å². The molecule has 0 fully saturated rings. The van der Waals surface area contributed by atoms with Crippen LogP contribution in [0.25, 0.3) is 0 Å². The molecule has 0 amide bonds. The number of H-pyrrole nitrogens is 1. The molecule has 0 aliphatic carbocycles. The van der Waals surface area contributed by atoms with Crippen LogP contribution < -0.4 is 0 Å². The van der Waals surface area contributed by atoms with Crippen molar-refractivity contribution in [2.24, 2.45) is 0 Å². The topological polar surface area (TPSA) is 72.5 Å². The van der Waals surface area contributed by atoms with Gasteiger partial charge in [-0.25, -0.2) is 10.1 Å². The van der Waals surface area contributed by atoms with Crippen LogP contribution in [0.4, 0.5) is 0 Å². The average molecular weight is 239 g/mol. The summed E-state index contributed by atoms with van der Waals surface area (Å²) < 4.78 is 7.05. The SMILES string of the molecule is CCc1nc(Cc2n[nH]c(=S)o2)nn1CC. The fraction of sp³-hybridized carbons (Fsp3) is 0.556. The largest absolute Gasteiger partial charge is 0.414 e. The molecule has 2 rings (SSSR count). The monoisotopic (exact) mass is 239 g/mol. The summed E-state index contributed by atoms with van der Waals surface area (Å²) in [5.74, 6) is 2.21. The minimum atomic E-state index is 0.278. The highest BCUT2D eigenvalue weighted by Gasteiger charge is 2.10. The van der Waals surface area contributed by atoms with Crippen molar-refractivity contribution in [3.05, 3.63) is 22.4 Å². The number of hydrogen-bond acceptors (Lipinski definition) is 5. The molecule has 0 saturated heterocycles. The van der Waals surface area contributed by atoms with Crippen molar-refractivity contribution in [2.75, 3.05) is 0 Å². The second-order valence-corrected chi connectivity index (χ2v) is 3.67. The molecule has 7 heteroatoms. The normalized spacial score (nSPS) is 10.9. The quantitative estimate of drug-likeness (QED) is 0.818. The summed E-state index contributed by atoms with van der Waals surface area (Å²) in [5.41, 5.74) is 0. The molecule has 0 bridgehead atoms. The van der Waals surface area contributed by atoms with E-state index in [1.54, 1.807) is 0 Å². The molecule has 0 saturated carbocycles. The summed E-state index contributed by atoms with van der Waals surface area (Å²) in [7, 11) is 0. The van der Waals surface area contributed by atoms with Gasteiger partial charge in [0, 0.05) is 13.0 Å². The Bertz CT molecular complexity index is 504. The summed E-state index contributed by atoms with van der Waals surface area (Å²) in [6.07, 6.45) is 1.33. The Balaban J connectivity index is 2.21. The van der Waals surface area contributed by atoms with Gasteiger partial charge in [-0.3, -0.25) is 4.68 Å². The number of aromatic nitrogens is 5. The van der Waals surface area contributed by atoms with Crippen molar-refractivity contribution in [2.45, 2.75) is 33.2 Å².